The van der Waals surface area contributed by atoms with E-state index < -0.39 is 5.97 Å². The molecule has 0 unspecified atom stereocenters. The van der Waals surface area contributed by atoms with Crippen molar-refractivity contribution in [3.05, 3.63) is 0 Å². The molecule has 1 N–H and O–H groups in total. The second kappa shape index (κ2) is 4.70. The second-order valence-corrected chi connectivity index (χ2v) is 3.54. The zero-order valence-corrected chi connectivity index (χ0v) is 8.32. The molecular weight excluding hydrogens is 176 g/mol. The molecule has 1 saturated carbocycles. The number of hydrogen-bond acceptors (Lipinski definition) is 1. The van der Waals surface area contributed by atoms with E-state index in [1.54, 1.807) is 0 Å². The normalized spacial score (nSPS) is 18.1. The Morgan fingerprint density at radius 2 is 2.00 bits per heavy atom. The Morgan fingerprint density at radius 3 is 2.33 bits per heavy atom. The molecule has 0 amide bonds. The van der Waals surface area contributed by atoms with Crippen LogP contribution in [0.15, 0.2) is 0 Å². The van der Waals surface area contributed by atoms with E-state index in [1.807, 2.05) is 0 Å². The number of rotatable bonds is 5. The monoisotopic (exact) mass is 192 g/mol. The van der Waals surface area contributed by atoms with E-state index in [1.165, 1.54) is 12.8 Å². The fourth-order valence-corrected chi connectivity index (χ4v) is 1.44. The Morgan fingerprint density at radius 1 is 1.42 bits per heavy atom. The van der Waals surface area contributed by atoms with Gasteiger partial charge in [0.05, 0.1) is 5.41 Å². The lowest BCUT2D eigenvalue weighted by Gasteiger charge is -2.07. The van der Waals surface area contributed by atoms with Gasteiger partial charge in [-0.1, -0.05) is 26.2 Å². The largest absolute Gasteiger partial charge is 0.481 e. The minimum Gasteiger partial charge on any atom is -0.481 e. The fraction of sp³-hybridized carbons (Fsp3) is 0.889. The van der Waals surface area contributed by atoms with E-state index in [-0.39, 0.29) is 17.8 Å². The van der Waals surface area contributed by atoms with Crippen LogP contribution in [0.3, 0.4) is 0 Å². The molecule has 0 bridgehead atoms. The number of carbonyl (C=O) groups is 1. The minimum absolute atomic E-state index is 0. The van der Waals surface area contributed by atoms with Crippen molar-refractivity contribution in [1.29, 1.82) is 0 Å². The number of carboxylic acids is 1. The lowest BCUT2D eigenvalue weighted by molar-refractivity contribution is -0.143. The highest BCUT2D eigenvalue weighted by atomic mass is 35.5. The SMILES string of the molecule is CCCCCC1(C(=O)O)CC1.Cl. The Labute approximate surface area is 79.8 Å². The van der Waals surface area contributed by atoms with Crippen LogP contribution in [-0.2, 0) is 4.79 Å². The number of carboxylic acid groups (broad SMARTS) is 1. The smallest absolute Gasteiger partial charge is 0.309 e. The molecule has 72 valence electrons. The van der Waals surface area contributed by atoms with Gasteiger partial charge >= 0.3 is 5.97 Å². The van der Waals surface area contributed by atoms with Crippen LogP contribution in [0.1, 0.15) is 45.4 Å². The van der Waals surface area contributed by atoms with Crippen molar-refractivity contribution in [2.45, 2.75) is 45.4 Å². The molecule has 1 aliphatic rings. The van der Waals surface area contributed by atoms with E-state index in [2.05, 4.69) is 6.92 Å². The van der Waals surface area contributed by atoms with Crippen molar-refractivity contribution in [2.75, 3.05) is 0 Å². The van der Waals surface area contributed by atoms with Crippen molar-refractivity contribution in [3.8, 4) is 0 Å². The molecule has 0 heterocycles. The zero-order chi connectivity index (χ0) is 8.32. The first-order valence-electron chi connectivity index (χ1n) is 4.45. The predicted molar refractivity (Wildman–Crippen MR) is 50.7 cm³/mol. The van der Waals surface area contributed by atoms with Crippen molar-refractivity contribution in [1.82, 2.24) is 0 Å². The fourth-order valence-electron chi connectivity index (χ4n) is 1.44. The molecule has 0 saturated heterocycles. The second-order valence-electron chi connectivity index (χ2n) is 3.54. The summed E-state index contributed by atoms with van der Waals surface area (Å²) >= 11 is 0. The van der Waals surface area contributed by atoms with Crippen molar-refractivity contribution in [2.24, 2.45) is 5.41 Å². The summed E-state index contributed by atoms with van der Waals surface area (Å²) < 4.78 is 0. The van der Waals surface area contributed by atoms with Crippen molar-refractivity contribution in [3.63, 3.8) is 0 Å². The molecule has 12 heavy (non-hydrogen) atoms. The van der Waals surface area contributed by atoms with Crippen LogP contribution in [0.2, 0.25) is 0 Å². The minimum atomic E-state index is -0.575. The van der Waals surface area contributed by atoms with Crippen LogP contribution < -0.4 is 0 Å². The molecule has 3 heteroatoms. The van der Waals surface area contributed by atoms with Gasteiger partial charge in [0.1, 0.15) is 0 Å². The molecule has 0 aromatic carbocycles. The van der Waals surface area contributed by atoms with Gasteiger partial charge in [0.15, 0.2) is 0 Å². The molecule has 0 radical (unpaired) electrons. The third-order valence-corrected chi connectivity index (χ3v) is 2.57. The van der Waals surface area contributed by atoms with Crippen LogP contribution in [0, 0.1) is 5.41 Å². The standard InChI is InChI=1S/C9H16O2.ClH/c1-2-3-4-5-9(6-7-9)8(10)11;/h2-7H2,1H3,(H,10,11);1H. The maximum absolute atomic E-state index is 10.7. The average Bonchev–Trinajstić information content (AvgIpc) is 2.70. The summed E-state index contributed by atoms with van der Waals surface area (Å²) in [6.45, 7) is 2.14. The van der Waals surface area contributed by atoms with E-state index in [9.17, 15) is 4.79 Å². The highest BCUT2D eigenvalue weighted by molar-refractivity contribution is 5.85. The number of aliphatic carboxylic acids is 1. The Bertz CT molecular complexity index is 153. The summed E-state index contributed by atoms with van der Waals surface area (Å²) in [6.07, 6.45) is 6.15. The van der Waals surface area contributed by atoms with Gasteiger partial charge in [0.25, 0.3) is 0 Å². The van der Waals surface area contributed by atoms with Gasteiger partial charge in [-0.15, -0.1) is 12.4 Å². The summed E-state index contributed by atoms with van der Waals surface area (Å²) in [5, 5.41) is 8.80. The van der Waals surface area contributed by atoms with Crippen molar-refractivity contribution < 1.29 is 9.90 Å². The molecule has 0 spiro atoms. The third-order valence-electron chi connectivity index (χ3n) is 2.57. The zero-order valence-electron chi connectivity index (χ0n) is 7.51. The number of unbranched alkanes of at least 4 members (excludes halogenated alkanes) is 2. The number of hydrogen-bond donors (Lipinski definition) is 1. The van der Waals surface area contributed by atoms with Crippen LogP contribution >= 0.6 is 12.4 Å². The summed E-state index contributed by atoms with van der Waals surface area (Å²) in [5.74, 6) is -0.575. The van der Waals surface area contributed by atoms with Gasteiger partial charge in [-0.25, -0.2) is 0 Å². The molecule has 2 nitrogen and oxygen atoms in total. The first-order chi connectivity index (χ1) is 5.21. The summed E-state index contributed by atoms with van der Waals surface area (Å²) in [7, 11) is 0. The molecule has 1 aliphatic carbocycles. The molecule has 1 fully saturated rings. The lowest BCUT2D eigenvalue weighted by atomic mass is 9.99. The number of halogens is 1. The summed E-state index contributed by atoms with van der Waals surface area (Å²) in [4.78, 5) is 10.7. The van der Waals surface area contributed by atoms with Crippen LogP contribution in [0.25, 0.3) is 0 Å². The van der Waals surface area contributed by atoms with Gasteiger partial charge in [-0.3, -0.25) is 4.79 Å². The first-order valence-corrected chi connectivity index (χ1v) is 4.45. The van der Waals surface area contributed by atoms with E-state index in [0.29, 0.717) is 0 Å². The first kappa shape index (κ1) is 11.8. The molecule has 0 atom stereocenters. The third kappa shape index (κ3) is 2.67. The molecule has 1 rings (SSSR count). The Balaban J connectivity index is 0.00000121. The van der Waals surface area contributed by atoms with Gasteiger partial charge in [0, 0.05) is 0 Å². The summed E-state index contributed by atoms with van der Waals surface area (Å²) in [6, 6.07) is 0. The quantitative estimate of drug-likeness (QED) is 0.681. The molecule has 0 aromatic heterocycles. The lowest BCUT2D eigenvalue weighted by Crippen LogP contribution is -2.14. The highest BCUT2D eigenvalue weighted by Crippen LogP contribution is 2.50. The maximum Gasteiger partial charge on any atom is 0.309 e. The molecular formula is C9H17ClO2. The van der Waals surface area contributed by atoms with Gasteiger partial charge in [-0.05, 0) is 19.3 Å². The van der Waals surface area contributed by atoms with Gasteiger partial charge < -0.3 is 5.11 Å². The molecule has 0 aromatic rings. The van der Waals surface area contributed by atoms with E-state index in [4.69, 9.17) is 5.11 Å². The van der Waals surface area contributed by atoms with E-state index in [0.717, 1.165) is 25.7 Å². The Kier molecular flexibility index (Phi) is 4.61. The predicted octanol–water partition coefficient (Wildman–Crippen LogP) is 2.85. The van der Waals surface area contributed by atoms with E-state index >= 15 is 0 Å². The van der Waals surface area contributed by atoms with Crippen LogP contribution in [0.4, 0.5) is 0 Å². The van der Waals surface area contributed by atoms with Crippen LogP contribution in [-0.4, -0.2) is 11.1 Å². The van der Waals surface area contributed by atoms with Crippen molar-refractivity contribution >= 4 is 18.4 Å². The van der Waals surface area contributed by atoms with Gasteiger partial charge in [0.2, 0.25) is 0 Å². The Hall–Kier alpha value is -0.240. The molecule has 0 aliphatic heterocycles. The highest BCUT2D eigenvalue weighted by Gasteiger charge is 2.49. The van der Waals surface area contributed by atoms with Gasteiger partial charge in [-0.2, -0.15) is 0 Å². The summed E-state index contributed by atoms with van der Waals surface area (Å²) in [5.41, 5.74) is -0.283. The topological polar surface area (TPSA) is 37.3 Å². The van der Waals surface area contributed by atoms with Crippen LogP contribution in [0.5, 0.6) is 0 Å². The average molecular weight is 193 g/mol. The maximum atomic E-state index is 10.7.